The molecule has 5 atom stereocenters. The number of aliphatic hydroxyl groups is 1. The van der Waals surface area contributed by atoms with Gasteiger partial charge in [-0.2, -0.15) is 0 Å². The number of nitrogens with one attached hydrogen (secondary N) is 3. The van der Waals surface area contributed by atoms with E-state index in [1.807, 2.05) is 52.0 Å². The number of benzene rings is 2. The molecular formula is C41H58ClN3O9. The molecule has 4 N–H and O–H groups in total. The Bertz CT molecular complexity index is 1560. The van der Waals surface area contributed by atoms with Crippen molar-refractivity contribution in [3.8, 4) is 11.5 Å². The van der Waals surface area contributed by atoms with E-state index >= 15 is 0 Å². The van der Waals surface area contributed by atoms with Crippen LogP contribution in [-0.4, -0.2) is 87.4 Å². The van der Waals surface area contributed by atoms with Gasteiger partial charge in [-0.05, 0) is 60.2 Å². The lowest BCUT2D eigenvalue weighted by atomic mass is 9.85. The van der Waals surface area contributed by atoms with Gasteiger partial charge in [-0.25, -0.2) is 0 Å². The van der Waals surface area contributed by atoms with Crippen molar-refractivity contribution in [3.63, 3.8) is 0 Å². The summed E-state index contributed by atoms with van der Waals surface area (Å²) >= 11 is 6.26. The predicted octanol–water partition coefficient (Wildman–Crippen LogP) is 4.99. The highest BCUT2D eigenvalue weighted by molar-refractivity contribution is 6.32. The number of Topliss-reactive ketones (excluding diaryl/α,β-unsaturated/α-hetero) is 1. The zero-order valence-electron chi connectivity index (χ0n) is 32.7. The van der Waals surface area contributed by atoms with Crippen molar-refractivity contribution in [3.05, 3.63) is 83.9 Å². The molecule has 2 aromatic carbocycles. The van der Waals surface area contributed by atoms with Crippen LogP contribution in [0.25, 0.3) is 0 Å². The zero-order chi connectivity index (χ0) is 40.5. The van der Waals surface area contributed by atoms with Crippen molar-refractivity contribution in [2.45, 2.75) is 78.7 Å². The van der Waals surface area contributed by atoms with Gasteiger partial charge in [0, 0.05) is 25.3 Å². The summed E-state index contributed by atoms with van der Waals surface area (Å²) in [6.45, 7) is 16.3. The Hall–Kier alpha value is -4.23. The van der Waals surface area contributed by atoms with Crippen LogP contribution in [0.4, 0.5) is 0 Å². The molecule has 13 heteroatoms. The molecule has 0 spiro atoms. The van der Waals surface area contributed by atoms with Crippen LogP contribution in [0.3, 0.4) is 0 Å². The molecule has 2 rings (SSSR count). The molecule has 2 aromatic rings. The van der Waals surface area contributed by atoms with E-state index in [1.54, 1.807) is 31.4 Å². The van der Waals surface area contributed by atoms with Crippen LogP contribution in [0.15, 0.2) is 67.8 Å². The van der Waals surface area contributed by atoms with Crippen molar-refractivity contribution < 1.29 is 43.2 Å². The first-order valence-electron chi connectivity index (χ1n) is 17.9. The van der Waals surface area contributed by atoms with Crippen LogP contribution in [0, 0.1) is 16.7 Å². The van der Waals surface area contributed by atoms with E-state index in [0.29, 0.717) is 42.4 Å². The minimum Gasteiger partial charge on any atom is -0.497 e. The Balaban J connectivity index is 2.09. The average Bonchev–Trinajstić information content (AvgIpc) is 3.14. The number of aliphatic hydroxyl groups excluding tert-OH is 1. The number of ether oxygens (including phenoxy) is 4. The highest BCUT2D eigenvalue weighted by Gasteiger charge is 2.36. The number of halogens is 1. The molecule has 0 aliphatic carbocycles. The Morgan fingerprint density at radius 3 is 2.19 bits per heavy atom. The first-order chi connectivity index (χ1) is 25.5. The molecule has 0 heterocycles. The monoisotopic (exact) mass is 771 g/mol. The summed E-state index contributed by atoms with van der Waals surface area (Å²) in [4.78, 5) is 52.8. The number of methoxy groups -OCH3 is 2. The van der Waals surface area contributed by atoms with Crippen molar-refractivity contribution in [1.29, 1.82) is 0 Å². The number of ketones is 1. The first kappa shape index (κ1) is 45.9. The maximum absolute atomic E-state index is 13.7. The molecule has 3 unspecified atom stereocenters. The van der Waals surface area contributed by atoms with E-state index in [-0.39, 0.29) is 30.8 Å². The number of hydrogen-bond donors (Lipinski definition) is 4. The molecule has 0 aliphatic heterocycles. The third kappa shape index (κ3) is 15.3. The summed E-state index contributed by atoms with van der Waals surface area (Å²) in [6, 6.07) is 10.7. The summed E-state index contributed by atoms with van der Waals surface area (Å²) in [6.07, 6.45) is 3.06. The Kier molecular flexibility index (Phi) is 18.9. The van der Waals surface area contributed by atoms with Gasteiger partial charge in [0.2, 0.25) is 11.8 Å². The summed E-state index contributed by atoms with van der Waals surface area (Å²) in [7, 11) is 3.09. The Morgan fingerprint density at radius 2 is 1.63 bits per heavy atom. The number of amides is 2. The number of carbonyl (C=O) groups excluding carboxylic acids is 4. The second kappa shape index (κ2) is 22.2. The highest BCUT2D eigenvalue weighted by atomic mass is 35.5. The molecule has 12 nitrogen and oxygen atoms in total. The van der Waals surface area contributed by atoms with E-state index < -0.39 is 53.8 Å². The molecule has 0 saturated carbocycles. The van der Waals surface area contributed by atoms with Gasteiger partial charge in [0.1, 0.15) is 29.7 Å². The van der Waals surface area contributed by atoms with Gasteiger partial charge in [-0.1, -0.05) is 70.1 Å². The third-order valence-corrected chi connectivity index (χ3v) is 9.16. The zero-order valence-corrected chi connectivity index (χ0v) is 33.4. The number of esters is 1. The van der Waals surface area contributed by atoms with Gasteiger partial charge in [0.25, 0.3) is 0 Å². The van der Waals surface area contributed by atoms with E-state index in [0.717, 1.165) is 17.4 Å². The van der Waals surface area contributed by atoms with Gasteiger partial charge in [-0.15, -0.1) is 6.58 Å². The van der Waals surface area contributed by atoms with Crippen LogP contribution < -0.4 is 25.4 Å². The molecule has 0 aromatic heterocycles. The molecule has 298 valence electrons. The lowest BCUT2D eigenvalue weighted by Gasteiger charge is -2.31. The van der Waals surface area contributed by atoms with Crippen LogP contribution in [0.1, 0.15) is 58.6 Å². The normalized spacial score (nSPS) is 14.7. The molecule has 0 aliphatic rings. The fourth-order valence-corrected chi connectivity index (χ4v) is 5.71. The molecule has 2 amide bonds. The van der Waals surface area contributed by atoms with Crippen LogP contribution >= 0.6 is 11.6 Å². The number of rotatable bonds is 24. The molecule has 54 heavy (non-hydrogen) atoms. The molecule has 0 radical (unpaired) electrons. The standard InChI is InChI=1S/C41H58ClN3O9/c1-10-12-34(27(3)23-53-24-28-13-16-30(51-8)17-14-28)54-39(50)33(21-40(4,5)6)43-22-36(47)41(7,26-46)25-44-38(49)32(45-37(48)11-2)20-29-15-18-35(52-9)31(42)19-29/h10-11,13-19,27,32-34,43,46H,1-2,12,20-26H2,3-9H3,(H,44,49)(H,45,48)/t27?,32-,33-,34?,41?/m1/s1. The lowest BCUT2D eigenvalue weighted by Crippen LogP contribution is -2.53. The second-order valence-corrected chi connectivity index (χ2v) is 15.2. The van der Waals surface area contributed by atoms with Gasteiger partial charge in [0.05, 0.1) is 51.0 Å². The second-order valence-electron chi connectivity index (χ2n) is 14.8. The predicted molar refractivity (Wildman–Crippen MR) is 209 cm³/mol. The van der Waals surface area contributed by atoms with Crippen LogP contribution in [0.2, 0.25) is 5.02 Å². The quantitative estimate of drug-likeness (QED) is 0.0651. The van der Waals surface area contributed by atoms with Crippen molar-refractivity contribution in [2.24, 2.45) is 16.7 Å². The van der Waals surface area contributed by atoms with Crippen molar-refractivity contribution in [1.82, 2.24) is 16.0 Å². The van der Waals surface area contributed by atoms with E-state index in [1.165, 1.54) is 14.0 Å². The smallest absolute Gasteiger partial charge is 0.323 e. The minimum absolute atomic E-state index is 0.0807. The van der Waals surface area contributed by atoms with Crippen molar-refractivity contribution >= 4 is 35.2 Å². The first-order valence-corrected chi connectivity index (χ1v) is 18.3. The Morgan fingerprint density at radius 1 is 0.963 bits per heavy atom. The van der Waals surface area contributed by atoms with Gasteiger partial charge >= 0.3 is 5.97 Å². The highest BCUT2D eigenvalue weighted by Crippen LogP contribution is 2.26. The topological polar surface area (TPSA) is 162 Å². The fourth-order valence-electron chi connectivity index (χ4n) is 5.42. The summed E-state index contributed by atoms with van der Waals surface area (Å²) in [5, 5.41) is 19.0. The maximum atomic E-state index is 13.7. The maximum Gasteiger partial charge on any atom is 0.323 e. The minimum atomic E-state index is -1.42. The summed E-state index contributed by atoms with van der Waals surface area (Å²) in [5.74, 6) is -1.06. The molecular weight excluding hydrogens is 714 g/mol. The fraction of sp³-hybridized carbons (Fsp3) is 0.512. The molecule has 0 bridgehead atoms. The van der Waals surface area contributed by atoms with Gasteiger partial charge in [-0.3, -0.25) is 24.5 Å². The number of hydrogen-bond acceptors (Lipinski definition) is 10. The van der Waals surface area contributed by atoms with E-state index in [9.17, 15) is 24.3 Å². The van der Waals surface area contributed by atoms with E-state index in [2.05, 4.69) is 29.1 Å². The SMILES string of the molecule is C=CCC(OC(=O)[C@@H](CC(C)(C)C)NCC(=O)C(C)(CO)CNC(=O)[C@@H](Cc1ccc(OC)c(Cl)c1)NC(=O)C=C)C(C)COCc1ccc(OC)cc1. The van der Waals surface area contributed by atoms with E-state index in [4.69, 9.17) is 30.5 Å². The van der Waals surface area contributed by atoms with Crippen LogP contribution in [0.5, 0.6) is 11.5 Å². The largest absolute Gasteiger partial charge is 0.497 e. The van der Waals surface area contributed by atoms with Crippen molar-refractivity contribution in [2.75, 3.05) is 40.5 Å². The van der Waals surface area contributed by atoms with Gasteiger partial charge in [0.15, 0.2) is 5.78 Å². The summed E-state index contributed by atoms with van der Waals surface area (Å²) in [5.41, 5.74) is -0.102. The average molecular weight is 772 g/mol. The van der Waals surface area contributed by atoms with Gasteiger partial charge < -0.3 is 34.7 Å². The third-order valence-electron chi connectivity index (χ3n) is 8.87. The van der Waals surface area contributed by atoms with Crippen LogP contribution in [-0.2, 0) is 41.7 Å². The Labute approximate surface area is 325 Å². The number of carbonyl (C=O) groups is 4. The summed E-state index contributed by atoms with van der Waals surface area (Å²) < 4.78 is 22.3. The molecule has 0 saturated heterocycles. The molecule has 0 fully saturated rings. The lowest BCUT2D eigenvalue weighted by molar-refractivity contribution is -0.156.